The minimum atomic E-state index is -0.671. The number of rotatable bonds is 6. The number of carbonyl (C=O) groups is 2. The summed E-state index contributed by atoms with van der Waals surface area (Å²) in [5.41, 5.74) is 1.26. The van der Waals surface area contributed by atoms with Crippen LogP contribution < -0.4 is 15.4 Å². The van der Waals surface area contributed by atoms with Crippen LogP contribution in [0.1, 0.15) is 5.56 Å². The van der Waals surface area contributed by atoms with E-state index in [9.17, 15) is 9.59 Å². The number of aromatic nitrogens is 2. The highest BCUT2D eigenvalue weighted by molar-refractivity contribution is 5.93. The van der Waals surface area contributed by atoms with Gasteiger partial charge in [0, 0.05) is 0 Å². The number of hydrogen-bond donors (Lipinski definition) is 2. The van der Waals surface area contributed by atoms with Crippen molar-refractivity contribution in [2.24, 2.45) is 0 Å². The number of benzene rings is 1. The highest BCUT2D eigenvalue weighted by atomic mass is 16.5. The molecule has 120 valence electrons. The Bertz CT molecular complexity index is 646. The monoisotopic (exact) mass is 316 g/mol. The van der Waals surface area contributed by atoms with Crippen LogP contribution >= 0.6 is 0 Å². The Labute approximate surface area is 132 Å². The van der Waals surface area contributed by atoms with Gasteiger partial charge in [-0.1, -0.05) is 30.3 Å². The molecule has 0 bridgehead atoms. The first kappa shape index (κ1) is 16.2. The third-order valence-electron chi connectivity index (χ3n) is 2.70. The van der Waals surface area contributed by atoms with Gasteiger partial charge < -0.3 is 20.1 Å². The van der Waals surface area contributed by atoms with Gasteiger partial charge >= 0.3 is 12.1 Å². The molecule has 2 amide bonds. The maximum atomic E-state index is 11.7. The summed E-state index contributed by atoms with van der Waals surface area (Å²) in [5.74, 6) is -0.421. The molecule has 1 heterocycles. The number of anilines is 1. The van der Waals surface area contributed by atoms with Crippen LogP contribution in [0.5, 0.6) is 6.01 Å². The second kappa shape index (κ2) is 8.32. The maximum Gasteiger partial charge on any atom is 0.407 e. The Kier molecular flexibility index (Phi) is 5.87. The predicted octanol–water partition coefficient (Wildman–Crippen LogP) is 1.35. The number of carbonyl (C=O) groups excluding carboxylic acids is 2. The molecular formula is C15H16N4O4. The van der Waals surface area contributed by atoms with Gasteiger partial charge in [-0.15, -0.1) is 0 Å². The van der Waals surface area contributed by atoms with Gasteiger partial charge in [0.15, 0.2) is 0 Å². The number of hydrogen-bond acceptors (Lipinski definition) is 6. The Hall–Kier alpha value is -3.16. The van der Waals surface area contributed by atoms with Gasteiger partial charge in [-0.3, -0.25) is 4.79 Å². The molecule has 0 atom stereocenters. The van der Waals surface area contributed by atoms with Gasteiger partial charge in [0.2, 0.25) is 5.91 Å². The van der Waals surface area contributed by atoms with Crippen LogP contribution in [0.25, 0.3) is 0 Å². The van der Waals surface area contributed by atoms with Crippen molar-refractivity contribution in [1.82, 2.24) is 15.3 Å². The number of methoxy groups -OCH3 is 1. The average Bonchev–Trinajstić information content (AvgIpc) is 2.60. The third-order valence-corrected chi connectivity index (χ3v) is 2.70. The van der Waals surface area contributed by atoms with Gasteiger partial charge in [-0.25, -0.2) is 14.8 Å². The summed E-state index contributed by atoms with van der Waals surface area (Å²) in [6.07, 6.45) is 2.13. The molecule has 2 N–H and O–H groups in total. The quantitative estimate of drug-likeness (QED) is 0.834. The van der Waals surface area contributed by atoms with Crippen LogP contribution in [0.4, 0.5) is 10.5 Å². The fraction of sp³-hybridized carbons (Fsp3) is 0.200. The molecule has 0 saturated carbocycles. The van der Waals surface area contributed by atoms with E-state index in [1.807, 2.05) is 30.3 Å². The van der Waals surface area contributed by atoms with E-state index >= 15 is 0 Å². The molecule has 0 spiro atoms. The van der Waals surface area contributed by atoms with E-state index in [4.69, 9.17) is 9.47 Å². The molecule has 0 aliphatic rings. The van der Waals surface area contributed by atoms with Crippen LogP contribution in [0.15, 0.2) is 42.7 Å². The molecule has 8 nitrogen and oxygen atoms in total. The molecule has 0 fully saturated rings. The molecule has 0 aliphatic heterocycles. The summed E-state index contributed by atoms with van der Waals surface area (Å²) in [7, 11) is 1.44. The molecule has 23 heavy (non-hydrogen) atoms. The lowest BCUT2D eigenvalue weighted by molar-refractivity contribution is -0.115. The molecule has 1 aromatic carbocycles. The molecule has 0 radical (unpaired) electrons. The lowest BCUT2D eigenvalue weighted by atomic mass is 10.2. The minimum absolute atomic E-state index is 0.139. The van der Waals surface area contributed by atoms with Crippen molar-refractivity contribution in [1.29, 1.82) is 0 Å². The Morgan fingerprint density at radius 2 is 1.83 bits per heavy atom. The zero-order chi connectivity index (χ0) is 16.5. The number of alkyl carbamates (subject to hydrolysis) is 1. The number of nitrogens with one attached hydrogen (secondary N) is 2. The first-order chi connectivity index (χ1) is 11.2. The summed E-state index contributed by atoms with van der Waals surface area (Å²) in [6, 6.07) is 9.44. The number of ether oxygens (including phenoxy) is 2. The van der Waals surface area contributed by atoms with Crippen LogP contribution in [-0.4, -0.2) is 35.6 Å². The fourth-order valence-corrected chi connectivity index (χ4v) is 1.62. The highest BCUT2D eigenvalue weighted by Gasteiger charge is 2.07. The molecule has 8 heteroatoms. The summed E-state index contributed by atoms with van der Waals surface area (Å²) >= 11 is 0. The second-order valence-electron chi connectivity index (χ2n) is 4.42. The Balaban J connectivity index is 1.69. The van der Waals surface area contributed by atoms with Gasteiger partial charge in [0.25, 0.3) is 0 Å². The molecule has 0 unspecified atom stereocenters. The summed E-state index contributed by atoms with van der Waals surface area (Å²) < 4.78 is 9.80. The lowest BCUT2D eigenvalue weighted by Crippen LogP contribution is -2.33. The molecular weight excluding hydrogens is 300 g/mol. The van der Waals surface area contributed by atoms with Crippen molar-refractivity contribution in [2.75, 3.05) is 19.0 Å². The predicted molar refractivity (Wildman–Crippen MR) is 81.8 cm³/mol. The SMILES string of the molecule is COc1ncc(NC(=O)CNC(=O)OCc2ccccc2)cn1. The molecule has 0 aliphatic carbocycles. The van der Waals surface area contributed by atoms with E-state index in [1.165, 1.54) is 19.5 Å². The zero-order valence-corrected chi connectivity index (χ0v) is 12.5. The van der Waals surface area contributed by atoms with Crippen LogP contribution in [0.3, 0.4) is 0 Å². The van der Waals surface area contributed by atoms with E-state index in [1.54, 1.807) is 0 Å². The molecule has 0 saturated heterocycles. The standard InChI is InChI=1S/C15H16N4O4/c1-22-14-16-7-12(8-17-14)19-13(20)9-18-15(21)23-10-11-5-3-2-4-6-11/h2-8H,9-10H2,1H3,(H,18,21)(H,19,20). The fourth-order valence-electron chi connectivity index (χ4n) is 1.62. The van der Waals surface area contributed by atoms with Gasteiger partial charge in [-0.2, -0.15) is 0 Å². The van der Waals surface area contributed by atoms with E-state index in [0.717, 1.165) is 5.56 Å². The van der Waals surface area contributed by atoms with E-state index < -0.39 is 12.0 Å². The Morgan fingerprint density at radius 3 is 2.48 bits per heavy atom. The lowest BCUT2D eigenvalue weighted by Gasteiger charge is -2.08. The average molecular weight is 316 g/mol. The number of nitrogens with zero attached hydrogens (tertiary/aromatic N) is 2. The van der Waals surface area contributed by atoms with Gasteiger partial charge in [-0.05, 0) is 5.56 Å². The third kappa shape index (κ3) is 5.62. The summed E-state index contributed by atoms with van der Waals surface area (Å²) in [6.45, 7) is -0.0831. The first-order valence-corrected chi connectivity index (χ1v) is 6.78. The smallest absolute Gasteiger partial charge is 0.407 e. The number of amides is 2. The van der Waals surface area contributed by atoms with Crippen molar-refractivity contribution in [3.63, 3.8) is 0 Å². The highest BCUT2D eigenvalue weighted by Crippen LogP contribution is 2.06. The van der Waals surface area contributed by atoms with Crippen LogP contribution in [0, 0.1) is 0 Å². The summed E-state index contributed by atoms with van der Waals surface area (Å²) in [4.78, 5) is 30.9. The van der Waals surface area contributed by atoms with Crippen molar-refractivity contribution >= 4 is 17.7 Å². The van der Waals surface area contributed by atoms with Crippen molar-refractivity contribution < 1.29 is 19.1 Å². The van der Waals surface area contributed by atoms with E-state index in [-0.39, 0.29) is 19.2 Å². The Morgan fingerprint density at radius 1 is 1.13 bits per heavy atom. The van der Waals surface area contributed by atoms with Crippen molar-refractivity contribution in [3.8, 4) is 6.01 Å². The van der Waals surface area contributed by atoms with Crippen molar-refractivity contribution in [2.45, 2.75) is 6.61 Å². The minimum Gasteiger partial charge on any atom is -0.467 e. The van der Waals surface area contributed by atoms with E-state index in [0.29, 0.717) is 5.69 Å². The van der Waals surface area contributed by atoms with Crippen molar-refractivity contribution in [3.05, 3.63) is 48.3 Å². The molecule has 2 rings (SSSR count). The summed E-state index contributed by atoms with van der Waals surface area (Å²) in [5, 5.41) is 4.89. The van der Waals surface area contributed by atoms with Crippen LogP contribution in [-0.2, 0) is 16.1 Å². The topological polar surface area (TPSA) is 102 Å². The van der Waals surface area contributed by atoms with Crippen LogP contribution in [0.2, 0.25) is 0 Å². The van der Waals surface area contributed by atoms with Gasteiger partial charge in [0.1, 0.15) is 13.2 Å². The maximum absolute atomic E-state index is 11.7. The normalized spacial score (nSPS) is 9.78. The largest absolute Gasteiger partial charge is 0.467 e. The van der Waals surface area contributed by atoms with E-state index in [2.05, 4.69) is 20.6 Å². The zero-order valence-electron chi connectivity index (χ0n) is 12.5. The molecule has 1 aromatic heterocycles. The first-order valence-electron chi connectivity index (χ1n) is 6.78. The second-order valence-corrected chi connectivity index (χ2v) is 4.42. The molecule has 2 aromatic rings. The van der Waals surface area contributed by atoms with Gasteiger partial charge in [0.05, 0.1) is 25.2 Å².